The predicted octanol–water partition coefficient (Wildman–Crippen LogP) is 6.67. The summed E-state index contributed by atoms with van der Waals surface area (Å²) in [5.41, 5.74) is -0.517. The summed E-state index contributed by atoms with van der Waals surface area (Å²) >= 11 is 5.16. The summed E-state index contributed by atoms with van der Waals surface area (Å²) < 4.78 is 8.06. The molecule has 0 saturated carbocycles. The van der Waals surface area contributed by atoms with Gasteiger partial charge >= 0.3 is 5.97 Å². The Hall–Kier alpha value is -1.43. The first-order valence-corrected chi connectivity index (χ1v) is 12.5. The van der Waals surface area contributed by atoms with E-state index in [1.807, 2.05) is 4.57 Å². The van der Waals surface area contributed by atoms with Gasteiger partial charge in [0.15, 0.2) is 4.77 Å². The van der Waals surface area contributed by atoms with Crippen LogP contribution in [0.5, 0.6) is 0 Å². The number of aromatic nitrogens is 2. The zero-order valence-corrected chi connectivity index (χ0v) is 21.2. The van der Waals surface area contributed by atoms with Crippen LogP contribution < -0.4 is 5.56 Å². The summed E-state index contributed by atoms with van der Waals surface area (Å²) in [4.78, 5) is 26.4. The molecule has 1 N–H and O–H groups in total. The lowest BCUT2D eigenvalue weighted by Gasteiger charge is -2.32. The first-order chi connectivity index (χ1) is 14.7. The Morgan fingerprint density at radius 3 is 2.10 bits per heavy atom. The molecule has 178 valence electrons. The molecule has 31 heavy (non-hydrogen) atoms. The highest BCUT2D eigenvalue weighted by molar-refractivity contribution is 7.71. The fraction of sp³-hybridized carbons (Fsp3) is 0.800. The SMILES string of the molecule is CC(C)CC(C)(C(=O)OCCCCCCCCCCCn1ccc(=O)[nH]c1=S)C(C)C. The van der Waals surface area contributed by atoms with Crippen LogP contribution in [0.3, 0.4) is 0 Å². The van der Waals surface area contributed by atoms with Crippen molar-refractivity contribution in [1.82, 2.24) is 9.55 Å². The maximum Gasteiger partial charge on any atom is 0.312 e. The lowest BCUT2D eigenvalue weighted by molar-refractivity contribution is -0.159. The van der Waals surface area contributed by atoms with Crippen molar-refractivity contribution in [2.45, 2.75) is 105 Å². The van der Waals surface area contributed by atoms with Crippen LogP contribution >= 0.6 is 12.2 Å². The van der Waals surface area contributed by atoms with Gasteiger partial charge in [0.2, 0.25) is 0 Å². The average molecular weight is 453 g/mol. The number of nitrogens with zero attached hydrogens (tertiary/aromatic N) is 1. The van der Waals surface area contributed by atoms with Crippen molar-refractivity contribution in [3.8, 4) is 0 Å². The molecule has 0 aliphatic rings. The van der Waals surface area contributed by atoms with E-state index in [0.29, 0.717) is 17.3 Å². The van der Waals surface area contributed by atoms with Crippen LogP contribution in [0.1, 0.15) is 98.8 Å². The molecule has 1 atom stereocenters. The van der Waals surface area contributed by atoms with E-state index in [9.17, 15) is 9.59 Å². The van der Waals surface area contributed by atoms with E-state index in [4.69, 9.17) is 17.0 Å². The molecule has 0 amide bonds. The van der Waals surface area contributed by atoms with E-state index < -0.39 is 0 Å². The summed E-state index contributed by atoms with van der Waals surface area (Å²) in [5.74, 6) is 0.747. The summed E-state index contributed by atoms with van der Waals surface area (Å²) in [6, 6.07) is 1.52. The molecule has 1 heterocycles. The molecule has 0 saturated heterocycles. The number of unbranched alkanes of at least 4 members (excludes halogenated alkanes) is 8. The fourth-order valence-corrected chi connectivity index (χ4v) is 4.23. The average Bonchev–Trinajstić information content (AvgIpc) is 2.69. The third kappa shape index (κ3) is 10.6. The van der Waals surface area contributed by atoms with Crippen molar-refractivity contribution in [3.05, 3.63) is 27.4 Å². The minimum atomic E-state index is -0.378. The van der Waals surface area contributed by atoms with Crippen LogP contribution in [-0.2, 0) is 16.1 Å². The second-order valence-electron chi connectivity index (χ2n) is 9.79. The third-order valence-corrected chi connectivity index (χ3v) is 6.58. The van der Waals surface area contributed by atoms with Crippen molar-refractivity contribution >= 4 is 18.2 Å². The number of aryl methyl sites for hydroxylation is 1. The second-order valence-corrected chi connectivity index (χ2v) is 10.2. The van der Waals surface area contributed by atoms with Gasteiger partial charge in [-0.2, -0.15) is 0 Å². The Kier molecular flexibility index (Phi) is 13.0. The number of esters is 1. The molecule has 1 unspecified atom stereocenters. The maximum atomic E-state index is 12.6. The van der Waals surface area contributed by atoms with E-state index in [2.05, 4.69) is 39.6 Å². The number of aromatic amines is 1. The van der Waals surface area contributed by atoms with Crippen molar-refractivity contribution in [1.29, 1.82) is 0 Å². The van der Waals surface area contributed by atoms with Crippen molar-refractivity contribution in [3.63, 3.8) is 0 Å². The molecular weight excluding hydrogens is 408 g/mol. The van der Waals surface area contributed by atoms with Crippen LogP contribution in [0, 0.1) is 22.0 Å². The van der Waals surface area contributed by atoms with Crippen LogP contribution in [0.15, 0.2) is 17.1 Å². The monoisotopic (exact) mass is 452 g/mol. The Labute approximate surface area is 194 Å². The third-order valence-electron chi connectivity index (χ3n) is 6.25. The highest BCUT2D eigenvalue weighted by Crippen LogP contribution is 2.35. The zero-order valence-electron chi connectivity index (χ0n) is 20.4. The first kappa shape index (κ1) is 27.6. The van der Waals surface area contributed by atoms with Gasteiger partial charge in [0.1, 0.15) is 0 Å². The van der Waals surface area contributed by atoms with Gasteiger partial charge in [-0.15, -0.1) is 0 Å². The number of nitrogens with one attached hydrogen (secondary N) is 1. The number of hydrogen-bond donors (Lipinski definition) is 1. The van der Waals surface area contributed by atoms with Gasteiger partial charge in [-0.1, -0.05) is 72.6 Å². The number of H-pyrrole nitrogens is 1. The van der Waals surface area contributed by atoms with E-state index in [0.717, 1.165) is 32.2 Å². The van der Waals surface area contributed by atoms with Crippen LogP contribution in [0.25, 0.3) is 0 Å². The number of carbonyl (C=O) groups excluding carboxylic acids is 1. The van der Waals surface area contributed by atoms with Crippen LogP contribution in [-0.4, -0.2) is 22.1 Å². The lowest BCUT2D eigenvalue weighted by atomic mass is 9.73. The quantitative estimate of drug-likeness (QED) is 0.173. The summed E-state index contributed by atoms with van der Waals surface area (Å²) in [7, 11) is 0. The molecule has 0 bridgehead atoms. The molecule has 0 aromatic carbocycles. The Morgan fingerprint density at radius 1 is 1.03 bits per heavy atom. The Morgan fingerprint density at radius 2 is 1.58 bits per heavy atom. The van der Waals surface area contributed by atoms with Crippen molar-refractivity contribution in [2.75, 3.05) is 6.61 Å². The van der Waals surface area contributed by atoms with Gasteiger partial charge in [-0.05, 0) is 50.2 Å². The van der Waals surface area contributed by atoms with Crippen molar-refractivity contribution in [2.24, 2.45) is 17.3 Å². The maximum absolute atomic E-state index is 12.6. The van der Waals surface area contributed by atoms with Gasteiger partial charge in [0.25, 0.3) is 5.56 Å². The number of hydrogen-bond acceptors (Lipinski definition) is 4. The number of ether oxygens (including phenoxy) is 1. The lowest BCUT2D eigenvalue weighted by Crippen LogP contribution is -2.36. The van der Waals surface area contributed by atoms with E-state index in [-0.39, 0.29) is 22.9 Å². The molecule has 1 aromatic heterocycles. The smallest absolute Gasteiger partial charge is 0.312 e. The number of rotatable bonds is 16. The van der Waals surface area contributed by atoms with E-state index in [1.165, 1.54) is 44.6 Å². The topological polar surface area (TPSA) is 64.1 Å². The second kappa shape index (κ2) is 14.6. The Bertz CT molecular complexity index is 754. The van der Waals surface area contributed by atoms with E-state index >= 15 is 0 Å². The normalized spacial score (nSPS) is 13.5. The Balaban J connectivity index is 2.03. The molecule has 1 rings (SSSR count). The molecule has 0 fully saturated rings. The summed E-state index contributed by atoms with van der Waals surface area (Å²) in [5, 5.41) is 0. The number of carbonyl (C=O) groups is 1. The molecular formula is C25H44N2O3S. The highest BCUT2D eigenvalue weighted by Gasteiger charge is 2.38. The van der Waals surface area contributed by atoms with Gasteiger partial charge < -0.3 is 9.30 Å². The summed E-state index contributed by atoms with van der Waals surface area (Å²) in [6.07, 6.45) is 13.2. The fourth-order valence-electron chi connectivity index (χ4n) is 3.97. The van der Waals surface area contributed by atoms with Gasteiger partial charge in [-0.25, -0.2) is 0 Å². The molecule has 0 spiro atoms. The molecule has 0 aliphatic carbocycles. The summed E-state index contributed by atoms with van der Waals surface area (Å²) in [6.45, 7) is 12.0. The highest BCUT2D eigenvalue weighted by atomic mass is 32.1. The van der Waals surface area contributed by atoms with E-state index in [1.54, 1.807) is 6.20 Å². The molecule has 1 aromatic rings. The molecule has 6 heteroatoms. The minimum absolute atomic E-state index is 0.0283. The standard InChI is InChI=1S/C25H44N2O3S/c1-20(2)19-25(5,21(3)4)23(29)30-18-14-12-10-8-6-7-9-11-13-16-27-17-15-22(28)26-24(27)31/h15,17,20-21H,6-14,16,18-19H2,1-5H3,(H,26,28,31). The van der Waals surface area contributed by atoms with Gasteiger partial charge in [-0.3, -0.25) is 14.6 Å². The van der Waals surface area contributed by atoms with Crippen LogP contribution in [0.4, 0.5) is 0 Å². The van der Waals surface area contributed by atoms with Gasteiger partial charge in [0, 0.05) is 18.8 Å². The predicted molar refractivity (Wildman–Crippen MR) is 131 cm³/mol. The van der Waals surface area contributed by atoms with Crippen molar-refractivity contribution < 1.29 is 9.53 Å². The largest absolute Gasteiger partial charge is 0.465 e. The molecule has 5 nitrogen and oxygen atoms in total. The van der Waals surface area contributed by atoms with Gasteiger partial charge in [0.05, 0.1) is 12.0 Å². The molecule has 0 radical (unpaired) electrons. The zero-order chi connectivity index (χ0) is 23.3. The first-order valence-electron chi connectivity index (χ1n) is 12.1. The van der Waals surface area contributed by atoms with Crippen LogP contribution in [0.2, 0.25) is 0 Å². The molecule has 0 aliphatic heterocycles. The minimum Gasteiger partial charge on any atom is -0.465 e.